The highest BCUT2D eigenvalue weighted by atomic mass is 16.5. The summed E-state index contributed by atoms with van der Waals surface area (Å²) in [5.74, 6) is 6.45. The van der Waals surface area contributed by atoms with Crippen LogP contribution in [0.4, 0.5) is 0 Å². The zero-order chi connectivity index (χ0) is 35.0. The molecule has 7 fully saturated rings. The molecule has 0 N–H and O–H groups in total. The van der Waals surface area contributed by atoms with Crippen LogP contribution in [0.25, 0.3) is 0 Å². The first-order valence-electron chi connectivity index (χ1n) is 21.0. The van der Waals surface area contributed by atoms with Crippen LogP contribution in [-0.4, -0.2) is 35.5 Å². The zero-order valence-electron chi connectivity index (χ0n) is 32.0. The van der Waals surface area contributed by atoms with Crippen molar-refractivity contribution in [3.63, 3.8) is 0 Å². The van der Waals surface area contributed by atoms with Gasteiger partial charge in [0.2, 0.25) is 0 Å². The normalized spacial score (nSPS) is 53.4. The third-order valence-electron chi connectivity index (χ3n) is 18.7. The first-order valence-corrected chi connectivity index (χ1v) is 21.0. The Labute approximate surface area is 301 Å². The van der Waals surface area contributed by atoms with Crippen LogP contribution in [0, 0.1) is 69.0 Å². The molecule has 0 aromatic rings. The van der Waals surface area contributed by atoms with Crippen molar-refractivity contribution in [2.75, 3.05) is 0 Å². The number of hydrogen-bond donors (Lipinski definition) is 0. The lowest BCUT2D eigenvalue weighted by Gasteiger charge is -2.63. The minimum absolute atomic E-state index is 0.0591. The number of esters is 2. The highest BCUT2D eigenvalue weighted by Gasteiger charge is 2.66. The number of ketones is 1. The molecule has 276 valence electrons. The van der Waals surface area contributed by atoms with Crippen LogP contribution in [0.3, 0.4) is 0 Å². The Kier molecular flexibility index (Phi) is 7.69. The lowest BCUT2D eigenvalue weighted by Crippen LogP contribution is -2.61. The quantitative estimate of drug-likeness (QED) is 0.269. The van der Waals surface area contributed by atoms with E-state index in [2.05, 4.69) is 27.7 Å². The van der Waals surface area contributed by atoms with E-state index in [4.69, 9.17) is 14.2 Å². The SMILES string of the molecule is CC(=O)O[C@H]1CC[C@H]2[C@@H]3CC[C@H]4CC5=C(CC[C@@]6(C[C@@]7(C)[C@H](CC[C@H]8[C@H]9CC[C@@H](OC(C)=O)[C@@]9(C)CC[C@@H]87)CC6=O)O5)C[C@]4(C)[C@H]3CC[C@]12C. The highest BCUT2D eigenvalue weighted by molar-refractivity contribution is 5.89. The van der Waals surface area contributed by atoms with Gasteiger partial charge >= 0.3 is 11.9 Å². The van der Waals surface area contributed by atoms with Gasteiger partial charge in [-0.15, -0.1) is 0 Å². The van der Waals surface area contributed by atoms with Crippen molar-refractivity contribution in [1.29, 1.82) is 0 Å². The monoisotopic (exact) mass is 688 g/mol. The van der Waals surface area contributed by atoms with Gasteiger partial charge < -0.3 is 14.2 Å². The van der Waals surface area contributed by atoms with E-state index >= 15 is 0 Å². The van der Waals surface area contributed by atoms with Crippen LogP contribution in [0.15, 0.2) is 11.3 Å². The third-order valence-corrected chi connectivity index (χ3v) is 18.7. The van der Waals surface area contributed by atoms with Crippen LogP contribution in [0.1, 0.15) is 157 Å². The van der Waals surface area contributed by atoms with E-state index in [0.717, 1.165) is 69.6 Å². The van der Waals surface area contributed by atoms with Crippen LogP contribution in [0.5, 0.6) is 0 Å². The standard InChI is InChI=1S/C44H64O6/c1-25(45)48-38-13-11-32-30-9-7-28-21-36-27(23-42(28,5)34(30)16-18-40(32,38)3)15-20-44(50-36)24-43(6)29(22-37(44)47)8-10-31-33-12-14-39(49-26(2)46)41(33,4)19-17-35(31)43/h28-35,38-39H,7-24H2,1-6H3/t28-,29+,30-,31-,32-,33+,34-,35-,38-,39+,40-,41-,42-,43-,44-/m0/s1. The number of Topliss-reactive ketones (excluding diaryl/α,β-unsaturated/α-hetero) is 1. The molecule has 6 nitrogen and oxygen atoms in total. The summed E-state index contributed by atoms with van der Waals surface area (Å²) in [6, 6.07) is 0. The van der Waals surface area contributed by atoms with Gasteiger partial charge in [-0.25, -0.2) is 0 Å². The summed E-state index contributed by atoms with van der Waals surface area (Å²) in [5.41, 5.74) is 1.52. The molecule has 9 aliphatic rings. The van der Waals surface area contributed by atoms with Gasteiger partial charge in [0.05, 0.1) is 5.76 Å². The molecule has 0 aromatic carbocycles. The number of fused-ring (bicyclic) bond motifs is 10. The second kappa shape index (κ2) is 11.3. The molecular formula is C44H64O6. The van der Waals surface area contributed by atoms with Crippen molar-refractivity contribution in [3.8, 4) is 0 Å². The van der Waals surface area contributed by atoms with Gasteiger partial charge in [-0.1, -0.05) is 27.7 Å². The smallest absolute Gasteiger partial charge is 0.302 e. The van der Waals surface area contributed by atoms with Crippen molar-refractivity contribution in [2.45, 2.75) is 175 Å². The Balaban J connectivity index is 0.940. The molecule has 0 unspecified atom stereocenters. The van der Waals surface area contributed by atoms with Crippen molar-refractivity contribution in [1.82, 2.24) is 0 Å². The number of hydrogen-bond acceptors (Lipinski definition) is 6. The molecular weight excluding hydrogens is 624 g/mol. The van der Waals surface area contributed by atoms with Crippen molar-refractivity contribution in [3.05, 3.63) is 11.3 Å². The number of ether oxygens (including phenoxy) is 3. The van der Waals surface area contributed by atoms with E-state index in [1.165, 1.54) is 62.7 Å². The summed E-state index contributed by atoms with van der Waals surface area (Å²) in [6.45, 7) is 13.2. The first kappa shape index (κ1) is 34.0. The van der Waals surface area contributed by atoms with Crippen LogP contribution >= 0.6 is 0 Å². The van der Waals surface area contributed by atoms with E-state index in [1.807, 2.05) is 0 Å². The van der Waals surface area contributed by atoms with Gasteiger partial charge in [-0.2, -0.15) is 0 Å². The van der Waals surface area contributed by atoms with E-state index in [-0.39, 0.29) is 40.4 Å². The van der Waals surface area contributed by atoms with Crippen LogP contribution < -0.4 is 0 Å². The Morgan fingerprint density at radius 3 is 1.70 bits per heavy atom. The highest BCUT2D eigenvalue weighted by Crippen LogP contribution is 2.70. The van der Waals surface area contributed by atoms with E-state index < -0.39 is 5.60 Å². The van der Waals surface area contributed by atoms with E-state index in [1.54, 1.807) is 13.8 Å². The van der Waals surface area contributed by atoms with Gasteiger partial charge in [0.1, 0.15) is 12.2 Å². The minimum Gasteiger partial charge on any atom is -0.484 e. The molecule has 0 aromatic heterocycles. The molecule has 7 saturated carbocycles. The second-order valence-electron chi connectivity index (χ2n) is 20.6. The first-order chi connectivity index (χ1) is 23.7. The zero-order valence-corrected chi connectivity index (χ0v) is 32.0. The summed E-state index contributed by atoms with van der Waals surface area (Å²) in [6.07, 6.45) is 19.8. The number of carbonyl (C=O) groups is 3. The fourth-order valence-electron chi connectivity index (χ4n) is 16.3. The van der Waals surface area contributed by atoms with Crippen molar-refractivity contribution < 1.29 is 28.6 Å². The lowest BCUT2D eigenvalue weighted by atomic mass is 9.43. The minimum atomic E-state index is -0.643. The molecule has 1 spiro atoms. The van der Waals surface area contributed by atoms with Crippen LogP contribution in [0.2, 0.25) is 0 Å². The van der Waals surface area contributed by atoms with Crippen LogP contribution in [-0.2, 0) is 28.6 Å². The third kappa shape index (κ3) is 4.66. The molecule has 15 atom stereocenters. The van der Waals surface area contributed by atoms with Crippen molar-refractivity contribution >= 4 is 17.7 Å². The summed E-state index contributed by atoms with van der Waals surface area (Å²) < 4.78 is 19.2. The summed E-state index contributed by atoms with van der Waals surface area (Å²) in [4.78, 5) is 38.3. The Morgan fingerprint density at radius 2 is 1.14 bits per heavy atom. The van der Waals surface area contributed by atoms with Crippen molar-refractivity contribution in [2.24, 2.45) is 69.0 Å². The average molecular weight is 689 g/mol. The fourth-order valence-corrected chi connectivity index (χ4v) is 16.3. The van der Waals surface area contributed by atoms with Gasteiger partial charge in [0.15, 0.2) is 11.4 Å². The number of rotatable bonds is 2. The maximum atomic E-state index is 14.3. The molecule has 50 heavy (non-hydrogen) atoms. The molecule has 6 heteroatoms. The summed E-state index contributed by atoms with van der Waals surface area (Å²) >= 11 is 0. The molecule has 1 heterocycles. The number of carbonyl (C=O) groups excluding carboxylic acids is 3. The number of allylic oxidation sites excluding steroid dienone is 2. The lowest BCUT2D eigenvalue weighted by molar-refractivity contribution is -0.188. The maximum absolute atomic E-state index is 14.3. The van der Waals surface area contributed by atoms with Gasteiger partial charge in [-0.05, 0) is 160 Å². The van der Waals surface area contributed by atoms with Gasteiger partial charge in [-0.3, -0.25) is 14.4 Å². The summed E-state index contributed by atoms with van der Waals surface area (Å²) in [5, 5.41) is 0. The molecule has 0 radical (unpaired) electrons. The summed E-state index contributed by atoms with van der Waals surface area (Å²) in [7, 11) is 0. The fraction of sp³-hybridized carbons (Fsp3) is 0.886. The molecule has 0 bridgehead atoms. The predicted octanol–water partition coefficient (Wildman–Crippen LogP) is 9.53. The molecule has 8 aliphatic carbocycles. The molecule has 1 aliphatic heterocycles. The topological polar surface area (TPSA) is 78.9 Å². The average Bonchev–Trinajstić information content (AvgIpc) is 3.56. The Morgan fingerprint density at radius 1 is 0.620 bits per heavy atom. The molecule has 0 saturated heterocycles. The van der Waals surface area contributed by atoms with Gasteiger partial charge in [0, 0.05) is 43.9 Å². The van der Waals surface area contributed by atoms with E-state index in [0.29, 0.717) is 53.1 Å². The molecule has 9 rings (SSSR count). The van der Waals surface area contributed by atoms with Gasteiger partial charge in [0.25, 0.3) is 0 Å². The molecule has 0 amide bonds. The second-order valence-corrected chi connectivity index (χ2v) is 20.6. The van der Waals surface area contributed by atoms with E-state index in [9.17, 15) is 14.4 Å². The maximum Gasteiger partial charge on any atom is 0.302 e. The Hall–Kier alpha value is -1.85. The Bertz CT molecular complexity index is 1500. The largest absolute Gasteiger partial charge is 0.484 e. The predicted molar refractivity (Wildman–Crippen MR) is 190 cm³/mol.